The van der Waals surface area contributed by atoms with Crippen molar-refractivity contribution in [1.29, 1.82) is 0 Å². The summed E-state index contributed by atoms with van der Waals surface area (Å²) in [6.07, 6.45) is 0. The van der Waals surface area contributed by atoms with Crippen molar-refractivity contribution in [3.05, 3.63) is 0 Å². The first-order valence-electron chi connectivity index (χ1n) is 4.21. The van der Waals surface area contributed by atoms with Crippen molar-refractivity contribution in [2.75, 3.05) is 18.1 Å². The molecule has 80 valence electrons. The van der Waals surface area contributed by atoms with Crippen LogP contribution in [0.4, 0.5) is 0 Å². The summed E-state index contributed by atoms with van der Waals surface area (Å²) in [5.41, 5.74) is 0. The van der Waals surface area contributed by atoms with Crippen LogP contribution in [0, 0.1) is 0 Å². The van der Waals surface area contributed by atoms with E-state index in [0.29, 0.717) is 15.5 Å². The van der Waals surface area contributed by atoms with Crippen LogP contribution in [0.3, 0.4) is 0 Å². The number of aromatic nitrogens is 1. The molecule has 0 aromatic carbocycles. The van der Waals surface area contributed by atoms with Gasteiger partial charge >= 0.3 is 0 Å². The first kappa shape index (κ1) is 11.6. The number of aliphatic hydroxyl groups is 1. The first-order chi connectivity index (χ1) is 6.70. The molecule has 4 N–H and O–H groups in total. The third kappa shape index (κ3) is 2.52. The lowest BCUT2D eigenvalue weighted by Gasteiger charge is -2.01. The van der Waals surface area contributed by atoms with Crippen LogP contribution >= 0.6 is 23.5 Å². The molecule has 6 heteroatoms. The Morgan fingerprint density at radius 1 is 1.14 bits per heavy atom. The molecule has 0 saturated carbocycles. The van der Waals surface area contributed by atoms with E-state index in [4.69, 9.17) is 5.11 Å². The fraction of sp³-hybridized carbons (Fsp3) is 0.500. The van der Waals surface area contributed by atoms with Gasteiger partial charge in [-0.05, 0) is 5.75 Å². The molecule has 0 amide bonds. The quantitative estimate of drug-likeness (QED) is 0.583. The Balaban J connectivity index is 2.86. The maximum absolute atomic E-state index is 9.43. The summed E-state index contributed by atoms with van der Waals surface area (Å²) in [5.74, 6) is 1.28. The zero-order chi connectivity index (χ0) is 10.6. The van der Waals surface area contributed by atoms with Crippen LogP contribution in [-0.4, -0.2) is 38.4 Å². The van der Waals surface area contributed by atoms with Gasteiger partial charge in [0.05, 0.1) is 16.4 Å². The summed E-state index contributed by atoms with van der Waals surface area (Å²) in [4.78, 5) is 3.73. The van der Waals surface area contributed by atoms with Crippen LogP contribution < -0.4 is 0 Å². The molecule has 0 aliphatic carbocycles. The van der Waals surface area contributed by atoms with Gasteiger partial charge in [0.15, 0.2) is 0 Å². The number of rotatable bonds is 5. The number of thioether (sulfide) groups is 2. The molecule has 0 aliphatic rings. The predicted molar refractivity (Wildman–Crippen MR) is 58.3 cm³/mol. The van der Waals surface area contributed by atoms with Crippen LogP contribution in [0.2, 0.25) is 0 Å². The van der Waals surface area contributed by atoms with Crippen molar-refractivity contribution in [3.8, 4) is 11.8 Å². The Morgan fingerprint density at radius 3 is 2.21 bits per heavy atom. The molecule has 0 aliphatic heterocycles. The molecule has 1 aromatic heterocycles. The second kappa shape index (κ2) is 5.43. The van der Waals surface area contributed by atoms with Crippen molar-refractivity contribution in [1.82, 2.24) is 4.98 Å². The van der Waals surface area contributed by atoms with E-state index >= 15 is 0 Å². The van der Waals surface area contributed by atoms with E-state index < -0.39 is 0 Å². The number of hydrogen-bond acceptors (Lipinski definition) is 5. The zero-order valence-electron chi connectivity index (χ0n) is 7.78. The van der Waals surface area contributed by atoms with Gasteiger partial charge in [-0.25, -0.2) is 0 Å². The maximum atomic E-state index is 9.43. The molecule has 1 aromatic rings. The van der Waals surface area contributed by atoms with Crippen LogP contribution in [0.15, 0.2) is 9.79 Å². The van der Waals surface area contributed by atoms with E-state index in [2.05, 4.69) is 4.98 Å². The molecule has 1 rings (SSSR count). The third-order valence-corrected chi connectivity index (χ3v) is 3.68. The Morgan fingerprint density at radius 2 is 1.71 bits per heavy atom. The third-order valence-electron chi connectivity index (χ3n) is 1.50. The standard InChI is InChI=1S/C8H13NO3S2/c1-2-13-5-6(14-4-3-10)8(12)9-7(5)11/h9-12H,2-4H2,1H3. The maximum Gasteiger partial charge on any atom is 0.206 e. The fourth-order valence-corrected chi connectivity index (χ4v) is 2.77. The van der Waals surface area contributed by atoms with Crippen molar-refractivity contribution in [2.45, 2.75) is 16.7 Å². The van der Waals surface area contributed by atoms with Gasteiger partial charge in [-0.1, -0.05) is 6.92 Å². The minimum absolute atomic E-state index is 0.00482. The largest absolute Gasteiger partial charge is 0.494 e. The molecule has 0 unspecified atom stereocenters. The summed E-state index contributed by atoms with van der Waals surface area (Å²) in [6.45, 7) is 2.01. The van der Waals surface area contributed by atoms with Crippen molar-refractivity contribution < 1.29 is 15.3 Å². The highest BCUT2D eigenvalue weighted by atomic mass is 32.2. The van der Waals surface area contributed by atoms with Crippen LogP contribution in [-0.2, 0) is 0 Å². The van der Waals surface area contributed by atoms with E-state index in [1.54, 1.807) is 0 Å². The van der Waals surface area contributed by atoms with Gasteiger partial charge in [0, 0.05) is 5.75 Å². The number of aliphatic hydroxyl groups excluding tert-OH is 1. The highest BCUT2D eigenvalue weighted by molar-refractivity contribution is 8.02. The predicted octanol–water partition coefficient (Wildman–Crippen LogP) is 1.62. The Bertz CT molecular complexity index is 301. The molecule has 1 heterocycles. The lowest BCUT2D eigenvalue weighted by molar-refractivity contribution is 0.322. The normalized spacial score (nSPS) is 10.7. The molecule has 14 heavy (non-hydrogen) atoms. The SMILES string of the molecule is CCSc1c(O)[nH]c(O)c1SCCO. The molecule has 0 atom stereocenters. The number of nitrogens with one attached hydrogen (secondary N) is 1. The smallest absolute Gasteiger partial charge is 0.206 e. The van der Waals surface area contributed by atoms with Crippen molar-refractivity contribution in [2.24, 2.45) is 0 Å². The van der Waals surface area contributed by atoms with Crippen LogP contribution in [0.1, 0.15) is 6.92 Å². The lowest BCUT2D eigenvalue weighted by atomic mass is 10.6. The van der Waals surface area contributed by atoms with E-state index in [9.17, 15) is 10.2 Å². The lowest BCUT2D eigenvalue weighted by Crippen LogP contribution is -1.85. The van der Waals surface area contributed by atoms with E-state index in [1.807, 2.05) is 6.92 Å². The monoisotopic (exact) mass is 235 g/mol. The van der Waals surface area contributed by atoms with E-state index in [0.717, 1.165) is 5.75 Å². The Hall–Kier alpha value is -0.460. The van der Waals surface area contributed by atoms with Crippen LogP contribution in [0.25, 0.3) is 0 Å². The molecular weight excluding hydrogens is 222 g/mol. The molecule has 0 saturated heterocycles. The van der Waals surface area contributed by atoms with Gasteiger partial charge in [0.2, 0.25) is 11.8 Å². The molecule has 4 nitrogen and oxygen atoms in total. The van der Waals surface area contributed by atoms with Gasteiger partial charge in [-0.2, -0.15) is 0 Å². The molecule has 0 fully saturated rings. The minimum atomic E-state index is -0.0306. The average molecular weight is 235 g/mol. The second-order valence-electron chi connectivity index (χ2n) is 2.49. The number of aromatic hydroxyl groups is 2. The van der Waals surface area contributed by atoms with Gasteiger partial charge in [-0.3, -0.25) is 4.98 Å². The highest BCUT2D eigenvalue weighted by Gasteiger charge is 2.16. The topological polar surface area (TPSA) is 76.5 Å². The number of aromatic amines is 1. The summed E-state index contributed by atoms with van der Waals surface area (Å²) >= 11 is 2.78. The molecule has 0 bridgehead atoms. The van der Waals surface area contributed by atoms with Gasteiger partial charge in [0.1, 0.15) is 0 Å². The Kier molecular flexibility index (Phi) is 4.50. The Labute approximate surface area is 90.7 Å². The highest BCUT2D eigenvalue weighted by Crippen LogP contribution is 2.43. The minimum Gasteiger partial charge on any atom is -0.494 e. The average Bonchev–Trinajstić information content (AvgIpc) is 2.40. The van der Waals surface area contributed by atoms with Gasteiger partial charge in [0.25, 0.3) is 0 Å². The molecule has 0 spiro atoms. The van der Waals surface area contributed by atoms with Gasteiger partial charge < -0.3 is 15.3 Å². The van der Waals surface area contributed by atoms with E-state index in [-0.39, 0.29) is 18.4 Å². The number of H-pyrrole nitrogens is 1. The van der Waals surface area contributed by atoms with Crippen molar-refractivity contribution >= 4 is 23.5 Å². The zero-order valence-corrected chi connectivity index (χ0v) is 9.41. The summed E-state index contributed by atoms with van der Waals surface area (Å²) < 4.78 is 0. The summed E-state index contributed by atoms with van der Waals surface area (Å²) in [6, 6.07) is 0. The number of hydrogen-bond donors (Lipinski definition) is 4. The second-order valence-corrected chi connectivity index (χ2v) is 4.86. The van der Waals surface area contributed by atoms with Gasteiger partial charge in [-0.15, -0.1) is 23.5 Å². The molecular formula is C8H13NO3S2. The van der Waals surface area contributed by atoms with Crippen molar-refractivity contribution in [3.63, 3.8) is 0 Å². The van der Waals surface area contributed by atoms with Crippen LogP contribution in [0.5, 0.6) is 11.8 Å². The van der Waals surface area contributed by atoms with E-state index in [1.165, 1.54) is 23.5 Å². The summed E-state index contributed by atoms with van der Waals surface area (Å²) in [7, 11) is 0. The summed E-state index contributed by atoms with van der Waals surface area (Å²) in [5, 5.41) is 27.5. The first-order valence-corrected chi connectivity index (χ1v) is 6.18. The molecule has 0 radical (unpaired) electrons. The fourth-order valence-electron chi connectivity index (χ4n) is 1.00.